The minimum absolute atomic E-state index is 0.128. The summed E-state index contributed by atoms with van der Waals surface area (Å²) in [6.45, 7) is 2.69. The van der Waals surface area contributed by atoms with Gasteiger partial charge in [-0.2, -0.15) is 8.78 Å². The van der Waals surface area contributed by atoms with Gasteiger partial charge in [-0.25, -0.2) is 8.78 Å². The summed E-state index contributed by atoms with van der Waals surface area (Å²) in [7, 11) is 0. The highest BCUT2D eigenvalue weighted by molar-refractivity contribution is 5.28. The molecule has 5 heteroatoms. The van der Waals surface area contributed by atoms with Gasteiger partial charge in [0.15, 0.2) is 17.4 Å². The molecular weight excluding hydrogens is 200 g/mol. The molecule has 1 rings (SSSR count). The third-order valence-electron chi connectivity index (χ3n) is 1.44. The zero-order valence-corrected chi connectivity index (χ0v) is 7.28. The maximum atomic E-state index is 12.8. The molecule has 1 radical (unpaired) electrons. The van der Waals surface area contributed by atoms with E-state index in [0.29, 0.717) is 6.42 Å². The smallest absolute Gasteiger partial charge is 0.203 e. The van der Waals surface area contributed by atoms with E-state index in [-0.39, 0.29) is 6.07 Å². The van der Waals surface area contributed by atoms with Crippen molar-refractivity contribution in [1.82, 2.24) is 0 Å². The lowest BCUT2D eigenvalue weighted by atomic mass is 10.3. The summed E-state index contributed by atoms with van der Waals surface area (Å²) in [6, 6.07) is 0.128. The van der Waals surface area contributed by atoms with Crippen LogP contribution in [0.15, 0.2) is 6.07 Å². The van der Waals surface area contributed by atoms with E-state index in [4.69, 9.17) is 0 Å². The second-order valence-electron chi connectivity index (χ2n) is 2.49. The highest BCUT2D eigenvalue weighted by Crippen LogP contribution is 2.26. The standard InChI is InChI=1S/C9H7F4O/c1-2-3-14-9-7(12)5(10)4-6(11)8(9)13/h3-4H,2H2,1H3. The Kier molecular flexibility index (Phi) is 3.33. The molecule has 0 aliphatic heterocycles. The van der Waals surface area contributed by atoms with Crippen LogP contribution in [-0.2, 0) is 0 Å². The van der Waals surface area contributed by atoms with Gasteiger partial charge < -0.3 is 4.74 Å². The van der Waals surface area contributed by atoms with E-state index in [0.717, 1.165) is 6.61 Å². The van der Waals surface area contributed by atoms with Gasteiger partial charge in [0.1, 0.15) is 6.61 Å². The first-order valence-electron chi connectivity index (χ1n) is 3.89. The van der Waals surface area contributed by atoms with E-state index >= 15 is 0 Å². The maximum absolute atomic E-state index is 12.8. The lowest BCUT2D eigenvalue weighted by Crippen LogP contribution is -2.01. The van der Waals surface area contributed by atoms with Gasteiger partial charge in [-0.1, -0.05) is 6.92 Å². The first-order valence-corrected chi connectivity index (χ1v) is 3.89. The number of hydrogen-bond donors (Lipinski definition) is 0. The Labute approximate surface area is 78.3 Å². The largest absolute Gasteiger partial charge is 0.480 e. The normalized spacial score (nSPS) is 10.4. The molecule has 0 heterocycles. The Balaban J connectivity index is 3.11. The lowest BCUT2D eigenvalue weighted by molar-refractivity contribution is 0.325. The molecule has 1 nitrogen and oxygen atoms in total. The molecule has 14 heavy (non-hydrogen) atoms. The van der Waals surface area contributed by atoms with Crippen LogP contribution in [0, 0.1) is 29.9 Å². The van der Waals surface area contributed by atoms with Crippen LogP contribution in [0.5, 0.6) is 5.75 Å². The summed E-state index contributed by atoms with van der Waals surface area (Å²) < 4.78 is 55.2. The minimum atomic E-state index is -1.53. The first-order chi connectivity index (χ1) is 6.57. The number of halogens is 4. The molecule has 0 aliphatic rings. The molecule has 0 aliphatic carbocycles. The number of benzene rings is 1. The molecular formula is C9H7F4O. The van der Waals surface area contributed by atoms with Gasteiger partial charge >= 0.3 is 0 Å². The monoisotopic (exact) mass is 207 g/mol. The van der Waals surface area contributed by atoms with Gasteiger partial charge in [0.25, 0.3) is 0 Å². The SMILES string of the molecule is CC[CH]Oc1c(F)c(F)cc(F)c1F. The summed E-state index contributed by atoms with van der Waals surface area (Å²) in [5.41, 5.74) is 0. The zero-order valence-electron chi connectivity index (χ0n) is 7.28. The van der Waals surface area contributed by atoms with Crippen LogP contribution in [0.25, 0.3) is 0 Å². The van der Waals surface area contributed by atoms with Crippen LogP contribution in [0.1, 0.15) is 13.3 Å². The molecule has 0 saturated carbocycles. The van der Waals surface area contributed by atoms with Crippen molar-refractivity contribution in [3.8, 4) is 5.75 Å². The van der Waals surface area contributed by atoms with Crippen molar-refractivity contribution in [3.63, 3.8) is 0 Å². The fourth-order valence-electron chi connectivity index (χ4n) is 0.821. The molecule has 1 aromatic carbocycles. The van der Waals surface area contributed by atoms with E-state index < -0.39 is 29.0 Å². The fourth-order valence-corrected chi connectivity index (χ4v) is 0.821. The van der Waals surface area contributed by atoms with Crippen molar-refractivity contribution in [1.29, 1.82) is 0 Å². The molecule has 77 valence electrons. The van der Waals surface area contributed by atoms with E-state index in [9.17, 15) is 17.6 Å². The second kappa shape index (κ2) is 4.30. The predicted molar refractivity (Wildman–Crippen MR) is 41.5 cm³/mol. The third-order valence-corrected chi connectivity index (χ3v) is 1.44. The molecule has 0 N–H and O–H groups in total. The Morgan fingerprint density at radius 2 is 1.64 bits per heavy atom. The average Bonchev–Trinajstić information content (AvgIpc) is 2.15. The summed E-state index contributed by atoms with van der Waals surface area (Å²) in [5, 5.41) is 0. The van der Waals surface area contributed by atoms with Gasteiger partial charge in [-0.3, -0.25) is 0 Å². The van der Waals surface area contributed by atoms with Gasteiger partial charge in [-0.05, 0) is 6.42 Å². The van der Waals surface area contributed by atoms with Crippen molar-refractivity contribution in [2.45, 2.75) is 13.3 Å². The predicted octanol–water partition coefficient (Wildman–Crippen LogP) is 3.19. The maximum Gasteiger partial charge on any atom is 0.203 e. The quantitative estimate of drug-likeness (QED) is 0.546. The molecule has 0 spiro atoms. The van der Waals surface area contributed by atoms with Crippen molar-refractivity contribution in [2.24, 2.45) is 0 Å². The lowest BCUT2D eigenvalue weighted by Gasteiger charge is -2.07. The van der Waals surface area contributed by atoms with Gasteiger partial charge in [0, 0.05) is 6.07 Å². The summed E-state index contributed by atoms with van der Waals surface area (Å²) in [6.07, 6.45) is 0.358. The molecule has 0 unspecified atom stereocenters. The van der Waals surface area contributed by atoms with Crippen molar-refractivity contribution in [3.05, 3.63) is 35.9 Å². The van der Waals surface area contributed by atoms with E-state index in [1.807, 2.05) is 0 Å². The number of hydrogen-bond acceptors (Lipinski definition) is 1. The summed E-state index contributed by atoms with van der Waals surface area (Å²) >= 11 is 0. The number of ether oxygens (including phenoxy) is 1. The first kappa shape index (κ1) is 10.8. The molecule has 0 bridgehead atoms. The van der Waals surface area contributed by atoms with Crippen LogP contribution >= 0.6 is 0 Å². The Hall–Kier alpha value is -1.26. The third kappa shape index (κ3) is 1.97. The molecule has 0 fully saturated rings. The van der Waals surface area contributed by atoms with Gasteiger partial charge in [0.05, 0.1) is 0 Å². The van der Waals surface area contributed by atoms with Crippen LogP contribution in [0.3, 0.4) is 0 Å². The number of rotatable bonds is 3. The zero-order chi connectivity index (χ0) is 10.7. The van der Waals surface area contributed by atoms with Crippen LogP contribution in [0.4, 0.5) is 17.6 Å². The van der Waals surface area contributed by atoms with Gasteiger partial charge in [0.2, 0.25) is 11.6 Å². The average molecular weight is 207 g/mol. The highest BCUT2D eigenvalue weighted by Gasteiger charge is 2.20. The van der Waals surface area contributed by atoms with Gasteiger partial charge in [-0.15, -0.1) is 0 Å². The molecule has 0 amide bonds. The van der Waals surface area contributed by atoms with Crippen molar-refractivity contribution < 1.29 is 22.3 Å². The van der Waals surface area contributed by atoms with Crippen LogP contribution in [-0.4, -0.2) is 0 Å². The summed E-state index contributed by atoms with van der Waals surface area (Å²) in [4.78, 5) is 0. The van der Waals surface area contributed by atoms with Crippen LogP contribution < -0.4 is 4.74 Å². The molecule has 0 saturated heterocycles. The Bertz CT molecular complexity index is 312. The Morgan fingerprint density at radius 1 is 1.14 bits per heavy atom. The Morgan fingerprint density at radius 3 is 2.07 bits per heavy atom. The van der Waals surface area contributed by atoms with Crippen molar-refractivity contribution in [2.75, 3.05) is 0 Å². The van der Waals surface area contributed by atoms with Crippen molar-refractivity contribution >= 4 is 0 Å². The molecule has 0 aromatic heterocycles. The minimum Gasteiger partial charge on any atom is -0.480 e. The summed E-state index contributed by atoms with van der Waals surface area (Å²) in [5.74, 6) is -7.08. The van der Waals surface area contributed by atoms with E-state index in [1.165, 1.54) is 0 Å². The molecule has 1 aromatic rings. The van der Waals surface area contributed by atoms with E-state index in [2.05, 4.69) is 4.74 Å². The fraction of sp³-hybridized carbons (Fsp3) is 0.222. The van der Waals surface area contributed by atoms with E-state index in [1.54, 1.807) is 6.92 Å². The van der Waals surface area contributed by atoms with Crippen LogP contribution in [0.2, 0.25) is 0 Å². The molecule has 0 atom stereocenters. The highest BCUT2D eigenvalue weighted by atomic mass is 19.2. The topological polar surface area (TPSA) is 9.23 Å². The second-order valence-corrected chi connectivity index (χ2v) is 2.49.